The SMILES string of the molecule is CCCCCCNc1nc2ccc([N+](=O)[O-])cc2[nH]1. The maximum absolute atomic E-state index is 10.7. The van der Waals surface area contributed by atoms with Crippen molar-refractivity contribution in [2.75, 3.05) is 11.9 Å². The van der Waals surface area contributed by atoms with Crippen molar-refractivity contribution < 1.29 is 4.92 Å². The van der Waals surface area contributed by atoms with Crippen LogP contribution in [0.25, 0.3) is 11.0 Å². The van der Waals surface area contributed by atoms with E-state index < -0.39 is 4.92 Å². The fourth-order valence-electron chi connectivity index (χ4n) is 1.95. The molecule has 0 unspecified atom stereocenters. The minimum Gasteiger partial charge on any atom is -0.356 e. The molecule has 2 rings (SSSR count). The first-order chi connectivity index (χ1) is 9.20. The van der Waals surface area contributed by atoms with Crippen LogP contribution in [0.15, 0.2) is 18.2 Å². The predicted molar refractivity (Wildman–Crippen MR) is 75.4 cm³/mol. The molecule has 0 saturated carbocycles. The molecule has 6 nitrogen and oxygen atoms in total. The summed E-state index contributed by atoms with van der Waals surface area (Å²) in [6.07, 6.45) is 4.77. The number of nitro groups is 1. The first kappa shape index (κ1) is 13.3. The van der Waals surface area contributed by atoms with Gasteiger partial charge in [0.15, 0.2) is 0 Å². The lowest BCUT2D eigenvalue weighted by Crippen LogP contribution is -2.02. The van der Waals surface area contributed by atoms with Crippen molar-refractivity contribution in [1.82, 2.24) is 9.97 Å². The lowest BCUT2D eigenvalue weighted by atomic mass is 10.2. The number of fused-ring (bicyclic) bond motifs is 1. The smallest absolute Gasteiger partial charge is 0.271 e. The number of rotatable bonds is 7. The average Bonchev–Trinajstić information content (AvgIpc) is 2.80. The first-order valence-corrected chi connectivity index (χ1v) is 6.58. The topological polar surface area (TPSA) is 83.8 Å². The number of unbranched alkanes of at least 4 members (excludes halogenated alkanes) is 3. The van der Waals surface area contributed by atoms with Crippen molar-refractivity contribution in [3.8, 4) is 0 Å². The van der Waals surface area contributed by atoms with Gasteiger partial charge >= 0.3 is 0 Å². The summed E-state index contributed by atoms with van der Waals surface area (Å²) in [5.74, 6) is 0.673. The summed E-state index contributed by atoms with van der Waals surface area (Å²) in [5.41, 5.74) is 1.50. The van der Waals surface area contributed by atoms with E-state index in [1.54, 1.807) is 6.07 Å². The van der Waals surface area contributed by atoms with Gasteiger partial charge in [-0.2, -0.15) is 0 Å². The van der Waals surface area contributed by atoms with E-state index in [9.17, 15) is 10.1 Å². The Hall–Kier alpha value is -2.11. The molecular weight excluding hydrogens is 244 g/mol. The third-order valence-electron chi connectivity index (χ3n) is 3.00. The van der Waals surface area contributed by atoms with Crippen LogP contribution in [0.5, 0.6) is 0 Å². The van der Waals surface area contributed by atoms with Crippen LogP contribution >= 0.6 is 0 Å². The monoisotopic (exact) mass is 262 g/mol. The highest BCUT2D eigenvalue weighted by Gasteiger charge is 2.09. The molecule has 1 aromatic carbocycles. The second kappa shape index (κ2) is 6.17. The molecule has 19 heavy (non-hydrogen) atoms. The van der Waals surface area contributed by atoms with Crippen LogP contribution in [-0.4, -0.2) is 21.4 Å². The number of hydrogen-bond acceptors (Lipinski definition) is 4. The molecule has 0 aliphatic heterocycles. The van der Waals surface area contributed by atoms with Crippen molar-refractivity contribution in [3.63, 3.8) is 0 Å². The number of imidazole rings is 1. The molecule has 0 atom stereocenters. The molecule has 1 aromatic heterocycles. The highest BCUT2D eigenvalue weighted by Crippen LogP contribution is 2.20. The highest BCUT2D eigenvalue weighted by atomic mass is 16.6. The molecule has 0 bridgehead atoms. The Morgan fingerprint density at radius 3 is 2.95 bits per heavy atom. The number of aromatic nitrogens is 2. The number of nitrogens with zero attached hydrogens (tertiary/aromatic N) is 2. The normalized spacial score (nSPS) is 10.8. The lowest BCUT2D eigenvalue weighted by Gasteiger charge is -2.01. The van der Waals surface area contributed by atoms with Gasteiger partial charge < -0.3 is 10.3 Å². The average molecular weight is 262 g/mol. The van der Waals surface area contributed by atoms with Crippen LogP contribution in [0.2, 0.25) is 0 Å². The van der Waals surface area contributed by atoms with Gasteiger partial charge in [-0.1, -0.05) is 26.2 Å². The fraction of sp³-hybridized carbons (Fsp3) is 0.462. The van der Waals surface area contributed by atoms with E-state index in [1.807, 2.05) is 0 Å². The molecule has 0 aliphatic carbocycles. The molecule has 0 saturated heterocycles. The van der Waals surface area contributed by atoms with E-state index in [1.165, 1.54) is 31.4 Å². The number of benzene rings is 1. The molecule has 0 spiro atoms. The summed E-state index contributed by atoms with van der Waals surface area (Å²) in [5, 5.41) is 13.9. The van der Waals surface area contributed by atoms with E-state index in [0.717, 1.165) is 18.5 Å². The molecular formula is C13H18N4O2. The summed E-state index contributed by atoms with van der Waals surface area (Å²) < 4.78 is 0. The van der Waals surface area contributed by atoms with E-state index in [0.29, 0.717) is 11.5 Å². The van der Waals surface area contributed by atoms with Gasteiger partial charge in [-0.3, -0.25) is 10.1 Å². The zero-order chi connectivity index (χ0) is 13.7. The number of anilines is 1. The molecule has 1 heterocycles. The number of nitrogens with one attached hydrogen (secondary N) is 2. The van der Waals surface area contributed by atoms with Crippen LogP contribution in [0.4, 0.5) is 11.6 Å². The highest BCUT2D eigenvalue weighted by molar-refractivity contribution is 5.79. The maximum atomic E-state index is 10.7. The Balaban J connectivity index is 1.99. The van der Waals surface area contributed by atoms with Crippen LogP contribution < -0.4 is 5.32 Å². The number of H-pyrrole nitrogens is 1. The van der Waals surface area contributed by atoms with Crippen molar-refractivity contribution in [1.29, 1.82) is 0 Å². The Morgan fingerprint density at radius 1 is 1.37 bits per heavy atom. The van der Waals surface area contributed by atoms with Gasteiger partial charge in [-0.05, 0) is 12.5 Å². The molecule has 0 aliphatic rings. The Kier molecular flexibility index (Phi) is 4.33. The van der Waals surface area contributed by atoms with Gasteiger partial charge in [0.05, 0.1) is 16.0 Å². The van der Waals surface area contributed by atoms with Gasteiger partial charge in [0.2, 0.25) is 5.95 Å². The van der Waals surface area contributed by atoms with E-state index >= 15 is 0 Å². The predicted octanol–water partition coefficient (Wildman–Crippen LogP) is 3.46. The van der Waals surface area contributed by atoms with E-state index in [4.69, 9.17) is 0 Å². The maximum Gasteiger partial charge on any atom is 0.271 e. The van der Waals surface area contributed by atoms with Crippen LogP contribution in [0.1, 0.15) is 32.6 Å². The Bertz CT molecular complexity index is 565. The summed E-state index contributed by atoms with van der Waals surface area (Å²) in [6, 6.07) is 4.63. The molecule has 0 amide bonds. The number of nitro benzene ring substituents is 1. The number of non-ortho nitro benzene ring substituents is 1. The lowest BCUT2D eigenvalue weighted by molar-refractivity contribution is -0.384. The fourth-order valence-corrected chi connectivity index (χ4v) is 1.95. The van der Waals surface area contributed by atoms with Crippen LogP contribution in [-0.2, 0) is 0 Å². The van der Waals surface area contributed by atoms with Crippen molar-refractivity contribution in [2.45, 2.75) is 32.6 Å². The van der Waals surface area contributed by atoms with Crippen LogP contribution in [0.3, 0.4) is 0 Å². The summed E-state index contributed by atoms with van der Waals surface area (Å²) in [4.78, 5) is 17.7. The molecule has 102 valence electrons. The van der Waals surface area contributed by atoms with Gasteiger partial charge in [0.1, 0.15) is 0 Å². The molecule has 2 N–H and O–H groups in total. The summed E-state index contributed by atoms with van der Waals surface area (Å²) >= 11 is 0. The zero-order valence-electron chi connectivity index (χ0n) is 11.0. The quantitative estimate of drug-likeness (QED) is 0.454. The summed E-state index contributed by atoms with van der Waals surface area (Å²) in [7, 11) is 0. The van der Waals surface area contributed by atoms with Crippen molar-refractivity contribution >= 4 is 22.7 Å². The standard InChI is InChI=1S/C13H18N4O2/c1-2-3-4-5-8-14-13-15-11-7-6-10(17(18)19)9-12(11)16-13/h6-7,9H,2-5,8H2,1H3,(H2,14,15,16). The second-order valence-corrected chi connectivity index (χ2v) is 4.53. The Morgan fingerprint density at radius 2 is 2.21 bits per heavy atom. The van der Waals surface area contributed by atoms with Crippen molar-refractivity contribution in [2.24, 2.45) is 0 Å². The minimum atomic E-state index is -0.405. The molecule has 6 heteroatoms. The molecule has 2 aromatic rings. The number of hydrogen-bond donors (Lipinski definition) is 2. The first-order valence-electron chi connectivity index (χ1n) is 6.58. The van der Waals surface area contributed by atoms with Gasteiger partial charge in [-0.25, -0.2) is 4.98 Å². The van der Waals surface area contributed by atoms with E-state index in [2.05, 4.69) is 22.2 Å². The van der Waals surface area contributed by atoms with E-state index in [-0.39, 0.29) is 5.69 Å². The third-order valence-corrected chi connectivity index (χ3v) is 3.00. The minimum absolute atomic E-state index is 0.0747. The Labute approximate surface area is 111 Å². The van der Waals surface area contributed by atoms with Gasteiger partial charge in [0.25, 0.3) is 5.69 Å². The van der Waals surface area contributed by atoms with Gasteiger partial charge in [0, 0.05) is 18.7 Å². The second-order valence-electron chi connectivity index (χ2n) is 4.53. The number of aromatic amines is 1. The zero-order valence-corrected chi connectivity index (χ0v) is 11.0. The van der Waals surface area contributed by atoms with Crippen LogP contribution in [0, 0.1) is 10.1 Å². The molecule has 0 radical (unpaired) electrons. The summed E-state index contributed by atoms with van der Waals surface area (Å²) in [6.45, 7) is 3.04. The molecule has 0 fully saturated rings. The largest absolute Gasteiger partial charge is 0.356 e. The third kappa shape index (κ3) is 3.43. The van der Waals surface area contributed by atoms with Crippen molar-refractivity contribution in [3.05, 3.63) is 28.3 Å². The van der Waals surface area contributed by atoms with Gasteiger partial charge in [-0.15, -0.1) is 0 Å².